The van der Waals surface area contributed by atoms with E-state index in [0.29, 0.717) is 18.4 Å². The first kappa shape index (κ1) is 11.3. The predicted molar refractivity (Wildman–Crippen MR) is 62.3 cm³/mol. The van der Waals surface area contributed by atoms with Crippen molar-refractivity contribution in [3.05, 3.63) is 17.6 Å². The van der Waals surface area contributed by atoms with Gasteiger partial charge >= 0.3 is 0 Å². The van der Waals surface area contributed by atoms with Crippen molar-refractivity contribution >= 4 is 0 Å². The van der Waals surface area contributed by atoms with Gasteiger partial charge in [0.25, 0.3) is 0 Å². The summed E-state index contributed by atoms with van der Waals surface area (Å²) in [5.74, 6) is 1.39. The van der Waals surface area contributed by atoms with E-state index in [1.54, 1.807) is 6.33 Å². The van der Waals surface area contributed by atoms with Crippen LogP contribution in [0.5, 0.6) is 5.88 Å². The van der Waals surface area contributed by atoms with Gasteiger partial charge in [-0.05, 0) is 32.6 Å². The molecule has 0 radical (unpaired) electrons. The molecule has 16 heavy (non-hydrogen) atoms. The number of aromatic nitrogens is 2. The lowest BCUT2D eigenvalue weighted by Gasteiger charge is -2.13. The third-order valence-electron chi connectivity index (χ3n) is 3.08. The Balaban J connectivity index is 2.10. The van der Waals surface area contributed by atoms with Crippen LogP contribution in [0.2, 0.25) is 0 Å². The van der Waals surface area contributed by atoms with Crippen LogP contribution in [0.25, 0.3) is 0 Å². The first-order valence-corrected chi connectivity index (χ1v) is 5.91. The maximum absolute atomic E-state index is 6.10. The van der Waals surface area contributed by atoms with Gasteiger partial charge in [0.05, 0.1) is 12.3 Å². The fraction of sp³-hybridized carbons (Fsp3) is 0.667. The van der Waals surface area contributed by atoms with Crippen LogP contribution >= 0.6 is 0 Å². The summed E-state index contributed by atoms with van der Waals surface area (Å²) in [6.07, 6.45) is 4.93. The monoisotopic (exact) mass is 221 g/mol. The zero-order valence-corrected chi connectivity index (χ0v) is 9.94. The van der Waals surface area contributed by atoms with Crippen molar-refractivity contribution in [2.75, 3.05) is 6.61 Å². The van der Waals surface area contributed by atoms with Crippen LogP contribution in [0.4, 0.5) is 0 Å². The highest BCUT2D eigenvalue weighted by Gasteiger charge is 2.29. The summed E-state index contributed by atoms with van der Waals surface area (Å²) in [7, 11) is 0. The molecule has 0 spiro atoms. The van der Waals surface area contributed by atoms with E-state index in [9.17, 15) is 0 Å². The normalized spacial score (nSPS) is 17.2. The second-order valence-corrected chi connectivity index (χ2v) is 4.39. The van der Waals surface area contributed by atoms with E-state index in [0.717, 1.165) is 17.7 Å². The van der Waals surface area contributed by atoms with Gasteiger partial charge in [0.1, 0.15) is 6.33 Å². The fourth-order valence-electron chi connectivity index (χ4n) is 1.87. The second-order valence-electron chi connectivity index (χ2n) is 4.39. The molecule has 0 amide bonds. The lowest BCUT2D eigenvalue weighted by atomic mass is 10.0. The Bertz CT molecular complexity index is 363. The van der Waals surface area contributed by atoms with Crippen LogP contribution < -0.4 is 10.5 Å². The summed E-state index contributed by atoms with van der Waals surface area (Å²) in [4.78, 5) is 8.42. The van der Waals surface area contributed by atoms with Crippen LogP contribution in [0.15, 0.2) is 6.33 Å². The van der Waals surface area contributed by atoms with Crippen LogP contribution in [0.3, 0.4) is 0 Å². The molecule has 88 valence electrons. The maximum atomic E-state index is 6.10. The Kier molecular flexibility index (Phi) is 3.39. The van der Waals surface area contributed by atoms with Gasteiger partial charge in [-0.1, -0.05) is 0 Å². The lowest BCUT2D eigenvalue weighted by molar-refractivity contribution is 0.322. The molecule has 0 bridgehead atoms. The minimum Gasteiger partial charge on any atom is -0.478 e. The number of rotatable bonds is 5. The van der Waals surface area contributed by atoms with E-state index in [2.05, 4.69) is 9.97 Å². The van der Waals surface area contributed by atoms with E-state index in [1.807, 2.05) is 13.8 Å². The number of ether oxygens (including phenoxy) is 1. The Morgan fingerprint density at radius 3 is 2.88 bits per heavy atom. The topological polar surface area (TPSA) is 61.0 Å². The van der Waals surface area contributed by atoms with E-state index in [-0.39, 0.29) is 6.04 Å². The van der Waals surface area contributed by atoms with E-state index < -0.39 is 0 Å². The molecule has 1 unspecified atom stereocenters. The number of nitrogens with zero attached hydrogens (tertiary/aromatic N) is 2. The summed E-state index contributed by atoms with van der Waals surface area (Å²) in [6, 6.07) is 0.239. The van der Waals surface area contributed by atoms with Crippen molar-refractivity contribution in [1.82, 2.24) is 9.97 Å². The summed E-state index contributed by atoms with van der Waals surface area (Å²) in [5, 5.41) is 0. The van der Waals surface area contributed by atoms with Crippen molar-refractivity contribution in [3.63, 3.8) is 0 Å². The molecular formula is C12H19N3O. The largest absolute Gasteiger partial charge is 0.478 e. The molecule has 0 saturated heterocycles. The van der Waals surface area contributed by atoms with Gasteiger partial charge in [-0.3, -0.25) is 0 Å². The minimum atomic E-state index is 0.239. The molecule has 1 aromatic heterocycles. The molecule has 1 aromatic rings. The highest BCUT2D eigenvalue weighted by atomic mass is 16.5. The lowest BCUT2D eigenvalue weighted by Crippen LogP contribution is -2.26. The third-order valence-corrected chi connectivity index (χ3v) is 3.08. The third kappa shape index (κ3) is 2.50. The van der Waals surface area contributed by atoms with Crippen molar-refractivity contribution in [2.45, 2.75) is 39.2 Å². The molecular weight excluding hydrogens is 202 g/mol. The Labute approximate surface area is 96.2 Å². The Hall–Kier alpha value is -1.16. The van der Waals surface area contributed by atoms with Gasteiger partial charge in [-0.25, -0.2) is 9.97 Å². The molecule has 1 saturated carbocycles. The number of nitrogens with two attached hydrogens (primary N) is 1. The molecule has 4 heteroatoms. The summed E-state index contributed by atoms with van der Waals surface area (Å²) in [6.45, 7) is 4.59. The van der Waals surface area contributed by atoms with Crippen LogP contribution in [-0.4, -0.2) is 22.6 Å². The summed E-state index contributed by atoms with van der Waals surface area (Å²) >= 11 is 0. The van der Waals surface area contributed by atoms with E-state index in [1.165, 1.54) is 12.8 Å². The molecule has 4 nitrogen and oxygen atoms in total. The number of hydrogen-bond acceptors (Lipinski definition) is 4. The Morgan fingerprint density at radius 1 is 1.50 bits per heavy atom. The average Bonchev–Trinajstić information content (AvgIpc) is 3.07. The number of hydrogen-bond donors (Lipinski definition) is 1. The summed E-state index contributed by atoms with van der Waals surface area (Å²) < 4.78 is 5.44. The molecule has 1 aliphatic carbocycles. The zero-order chi connectivity index (χ0) is 11.5. The highest BCUT2D eigenvalue weighted by Crippen LogP contribution is 2.33. The zero-order valence-electron chi connectivity index (χ0n) is 9.94. The van der Waals surface area contributed by atoms with Gasteiger partial charge < -0.3 is 10.5 Å². The molecule has 2 N–H and O–H groups in total. The molecule has 1 heterocycles. The van der Waals surface area contributed by atoms with Gasteiger partial charge in [0, 0.05) is 18.0 Å². The van der Waals surface area contributed by atoms with Crippen molar-refractivity contribution in [1.29, 1.82) is 0 Å². The minimum absolute atomic E-state index is 0.239. The maximum Gasteiger partial charge on any atom is 0.219 e. The van der Waals surface area contributed by atoms with Crippen molar-refractivity contribution in [2.24, 2.45) is 11.7 Å². The Morgan fingerprint density at radius 2 is 2.25 bits per heavy atom. The summed E-state index contributed by atoms with van der Waals surface area (Å²) in [5.41, 5.74) is 8.16. The molecule has 1 atom stereocenters. The van der Waals surface area contributed by atoms with Crippen LogP contribution in [-0.2, 0) is 6.42 Å². The molecule has 1 fully saturated rings. The van der Waals surface area contributed by atoms with Gasteiger partial charge in [0.15, 0.2) is 0 Å². The average molecular weight is 221 g/mol. The standard InChI is InChI=1S/C12H19N3O/c1-3-16-12-8(2)11(14-7-15-12)6-10(13)9-4-5-9/h7,9-10H,3-6,13H2,1-2H3. The second kappa shape index (κ2) is 4.78. The first-order valence-electron chi connectivity index (χ1n) is 5.91. The van der Waals surface area contributed by atoms with Gasteiger partial charge in [-0.2, -0.15) is 0 Å². The molecule has 2 rings (SSSR count). The van der Waals surface area contributed by atoms with Crippen LogP contribution in [0.1, 0.15) is 31.0 Å². The highest BCUT2D eigenvalue weighted by molar-refractivity contribution is 5.28. The van der Waals surface area contributed by atoms with Crippen molar-refractivity contribution in [3.8, 4) is 5.88 Å². The molecule has 1 aliphatic rings. The van der Waals surface area contributed by atoms with Crippen molar-refractivity contribution < 1.29 is 4.74 Å². The van der Waals surface area contributed by atoms with Gasteiger partial charge in [-0.15, -0.1) is 0 Å². The first-order chi connectivity index (χ1) is 7.72. The van der Waals surface area contributed by atoms with Gasteiger partial charge in [0.2, 0.25) is 5.88 Å². The molecule has 0 aromatic carbocycles. The quantitative estimate of drug-likeness (QED) is 0.817. The SMILES string of the molecule is CCOc1ncnc(CC(N)C2CC2)c1C. The van der Waals surface area contributed by atoms with E-state index >= 15 is 0 Å². The molecule has 0 aliphatic heterocycles. The van der Waals surface area contributed by atoms with Crippen LogP contribution in [0, 0.1) is 12.8 Å². The van der Waals surface area contributed by atoms with E-state index in [4.69, 9.17) is 10.5 Å². The smallest absolute Gasteiger partial charge is 0.219 e. The fourth-order valence-corrected chi connectivity index (χ4v) is 1.87. The predicted octanol–water partition coefficient (Wildman–Crippen LogP) is 1.46.